The predicted octanol–water partition coefficient (Wildman–Crippen LogP) is 5.93. The van der Waals surface area contributed by atoms with Crippen molar-refractivity contribution < 1.29 is 0 Å². The van der Waals surface area contributed by atoms with E-state index in [1.807, 2.05) is 57.8 Å². The van der Waals surface area contributed by atoms with Crippen molar-refractivity contribution in [1.82, 2.24) is 19.2 Å². The fourth-order valence-electron chi connectivity index (χ4n) is 3.43. The fourth-order valence-corrected chi connectivity index (χ4v) is 4.21. The number of piperidine rings is 1. The Kier molecular flexibility index (Phi) is 5.78. The molecule has 0 unspecified atom stereocenters. The molecule has 1 fully saturated rings. The van der Waals surface area contributed by atoms with Gasteiger partial charge < -0.3 is 0 Å². The van der Waals surface area contributed by atoms with E-state index in [1.165, 1.54) is 19.3 Å². The summed E-state index contributed by atoms with van der Waals surface area (Å²) >= 11 is 15.8. The van der Waals surface area contributed by atoms with Crippen LogP contribution in [-0.2, 0) is 6.67 Å². The molecule has 1 aliphatic heterocycles. The molecule has 4 rings (SSSR count). The van der Waals surface area contributed by atoms with E-state index in [1.54, 1.807) is 0 Å². The highest BCUT2D eigenvalue weighted by Gasteiger charge is 2.19. The molecule has 0 amide bonds. The molecule has 2 heterocycles. The lowest BCUT2D eigenvalue weighted by atomic mass is 10.1. The van der Waals surface area contributed by atoms with Gasteiger partial charge in [0.1, 0.15) is 0 Å². The van der Waals surface area contributed by atoms with Gasteiger partial charge >= 0.3 is 0 Å². The molecule has 27 heavy (non-hydrogen) atoms. The van der Waals surface area contributed by atoms with Gasteiger partial charge in [-0.3, -0.25) is 9.47 Å². The van der Waals surface area contributed by atoms with E-state index in [2.05, 4.69) is 20.8 Å². The summed E-state index contributed by atoms with van der Waals surface area (Å²) in [4.78, 5) is 2.41. The summed E-state index contributed by atoms with van der Waals surface area (Å²) in [5, 5.41) is 5.54. The maximum atomic E-state index is 6.48. The number of hydrogen-bond acceptors (Lipinski definition) is 3. The summed E-state index contributed by atoms with van der Waals surface area (Å²) in [7, 11) is 0. The smallest absolute Gasteiger partial charge is 0.204 e. The average molecular weight is 464 g/mol. The molecule has 1 aliphatic rings. The van der Waals surface area contributed by atoms with Gasteiger partial charge in [-0.05, 0) is 74.5 Å². The van der Waals surface area contributed by atoms with Crippen molar-refractivity contribution in [3.05, 3.63) is 62.8 Å². The van der Waals surface area contributed by atoms with Crippen LogP contribution in [0.4, 0.5) is 0 Å². The first kappa shape index (κ1) is 18.9. The molecule has 140 valence electrons. The average Bonchev–Trinajstić information content (AvgIpc) is 3.00. The van der Waals surface area contributed by atoms with Gasteiger partial charge in [0.05, 0.1) is 17.4 Å². The molecule has 0 bridgehead atoms. The normalized spacial score (nSPS) is 15.2. The van der Waals surface area contributed by atoms with Crippen LogP contribution in [0.3, 0.4) is 0 Å². The lowest BCUT2D eigenvalue weighted by molar-refractivity contribution is 0.172. The highest BCUT2D eigenvalue weighted by molar-refractivity contribution is 9.10. The van der Waals surface area contributed by atoms with E-state index in [4.69, 9.17) is 28.9 Å². The summed E-state index contributed by atoms with van der Waals surface area (Å²) in [6, 6.07) is 15.9. The quantitative estimate of drug-likeness (QED) is 0.449. The second kappa shape index (κ2) is 8.27. The molecule has 3 aromatic rings. The molecule has 0 saturated carbocycles. The van der Waals surface area contributed by atoms with Crippen LogP contribution in [0.2, 0.25) is 5.02 Å². The Balaban J connectivity index is 1.83. The molecular formula is C20H20BrClN4S. The van der Waals surface area contributed by atoms with E-state index in [-0.39, 0.29) is 0 Å². The molecule has 0 radical (unpaired) electrons. The molecule has 1 saturated heterocycles. The van der Waals surface area contributed by atoms with Gasteiger partial charge in [0.25, 0.3) is 0 Å². The van der Waals surface area contributed by atoms with Crippen LogP contribution in [0.1, 0.15) is 19.3 Å². The van der Waals surface area contributed by atoms with Crippen LogP contribution < -0.4 is 0 Å². The number of rotatable bonds is 4. The van der Waals surface area contributed by atoms with Crippen LogP contribution in [0.25, 0.3) is 17.1 Å². The SMILES string of the molecule is S=c1n(CN2CCCCC2)nc(-c2ccccc2Cl)n1-c1ccc(Br)cc1. The van der Waals surface area contributed by atoms with Crippen LogP contribution >= 0.6 is 39.7 Å². The highest BCUT2D eigenvalue weighted by atomic mass is 79.9. The number of likely N-dealkylation sites (tertiary alicyclic amines) is 1. The Morgan fingerprint density at radius 2 is 1.70 bits per heavy atom. The summed E-state index contributed by atoms with van der Waals surface area (Å²) in [5.41, 5.74) is 1.86. The number of hydrogen-bond donors (Lipinski definition) is 0. The zero-order valence-electron chi connectivity index (χ0n) is 14.8. The van der Waals surface area contributed by atoms with Crippen molar-refractivity contribution in [2.24, 2.45) is 0 Å². The largest absolute Gasteiger partial charge is 0.284 e. The molecule has 1 aromatic heterocycles. The lowest BCUT2D eigenvalue weighted by Crippen LogP contribution is -2.32. The minimum Gasteiger partial charge on any atom is -0.284 e. The third-order valence-electron chi connectivity index (χ3n) is 4.82. The minimum atomic E-state index is 0.668. The first-order valence-corrected chi connectivity index (χ1v) is 10.6. The molecule has 0 aliphatic carbocycles. The van der Waals surface area contributed by atoms with E-state index >= 15 is 0 Å². The maximum Gasteiger partial charge on any atom is 0.204 e. The van der Waals surface area contributed by atoms with E-state index in [0.717, 1.165) is 34.6 Å². The van der Waals surface area contributed by atoms with Crippen molar-refractivity contribution in [1.29, 1.82) is 0 Å². The van der Waals surface area contributed by atoms with Crippen molar-refractivity contribution in [2.75, 3.05) is 13.1 Å². The number of nitrogens with zero attached hydrogens (tertiary/aromatic N) is 4. The van der Waals surface area contributed by atoms with Gasteiger partial charge in [0, 0.05) is 10.0 Å². The second-order valence-electron chi connectivity index (χ2n) is 6.72. The Morgan fingerprint density at radius 1 is 1.00 bits per heavy atom. The van der Waals surface area contributed by atoms with Crippen molar-refractivity contribution in [3.63, 3.8) is 0 Å². The predicted molar refractivity (Wildman–Crippen MR) is 116 cm³/mol. The summed E-state index contributed by atoms with van der Waals surface area (Å²) in [5.74, 6) is 0.768. The van der Waals surface area contributed by atoms with Crippen molar-refractivity contribution in [3.8, 4) is 17.1 Å². The lowest BCUT2D eigenvalue weighted by Gasteiger charge is -2.25. The highest BCUT2D eigenvalue weighted by Crippen LogP contribution is 2.29. The number of aromatic nitrogens is 3. The number of benzene rings is 2. The van der Waals surface area contributed by atoms with Crippen LogP contribution in [0, 0.1) is 4.77 Å². The molecule has 0 spiro atoms. The summed E-state index contributed by atoms with van der Waals surface area (Å²) in [6.07, 6.45) is 3.77. The zero-order chi connectivity index (χ0) is 18.8. The monoisotopic (exact) mass is 462 g/mol. The zero-order valence-corrected chi connectivity index (χ0v) is 18.0. The standard InChI is InChI=1S/C20H20BrClN4S/c21-15-8-10-16(11-9-15)26-19(17-6-2-3-7-18(17)22)23-25(20(26)27)14-24-12-4-1-5-13-24/h2-3,6-11H,1,4-5,12-14H2. The third kappa shape index (κ3) is 4.04. The van der Waals surface area contributed by atoms with Gasteiger partial charge in [-0.2, -0.15) is 0 Å². The first-order chi connectivity index (χ1) is 13.1. The van der Waals surface area contributed by atoms with Crippen LogP contribution in [0.5, 0.6) is 0 Å². The number of halogens is 2. The van der Waals surface area contributed by atoms with E-state index < -0.39 is 0 Å². The fraction of sp³-hybridized carbons (Fsp3) is 0.300. The maximum absolute atomic E-state index is 6.48. The third-order valence-corrected chi connectivity index (χ3v) is 6.07. The second-order valence-corrected chi connectivity index (χ2v) is 8.41. The molecule has 2 aromatic carbocycles. The summed E-state index contributed by atoms with van der Waals surface area (Å²) < 4.78 is 5.63. The molecule has 4 nitrogen and oxygen atoms in total. The van der Waals surface area contributed by atoms with Gasteiger partial charge in [0.15, 0.2) is 5.82 Å². The van der Waals surface area contributed by atoms with Crippen LogP contribution in [-0.4, -0.2) is 32.3 Å². The van der Waals surface area contributed by atoms with E-state index in [9.17, 15) is 0 Å². The van der Waals surface area contributed by atoms with E-state index in [0.29, 0.717) is 16.5 Å². The molecule has 0 atom stereocenters. The van der Waals surface area contributed by atoms with Gasteiger partial charge in [-0.1, -0.05) is 46.1 Å². The molecule has 0 N–H and O–H groups in total. The van der Waals surface area contributed by atoms with Gasteiger partial charge in [0.2, 0.25) is 4.77 Å². The topological polar surface area (TPSA) is 26.0 Å². The van der Waals surface area contributed by atoms with Crippen LogP contribution in [0.15, 0.2) is 53.0 Å². The van der Waals surface area contributed by atoms with Gasteiger partial charge in [-0.25, -0.2) is 4.68 Å². The molecular weight excluding hydrogens is 444 g/mol. The Labute approximate surface area is 177 Å². The van der Waals surface area contributed by atoms with Crippen molar-refractivity contribution >= 4 is 39.7 Å². The molecule has 7 heteroatoms. The first-order valence-electron chi connectivity index (χ1n) is 9.06. The van der Waals surface area contributed by atoms with Gasteiger partial charge in [-0.15, -0.1) is 5.10 Å². The summed E-state index contributed by atoms with van der Waals surface area (Å²) in [6.45, 7) is 2.89. The minimum absolute atomic E-state index is 0.668. The Hall–Kier alpha value is -1.47. The van der Waals surface area contributed by atoms with Crippen molar-refractivity contribution in [2.45, 2.75) is 25.9 Å². The Morgan fingerprint density at radius 3 is 2.41 bits per heavy atom. The Bertz CT molecular complexity index is 990.